The summed E-state index contributed by atoms with van der Waals surface area (Å²) in [5.74, 6) is -0.277. The Morgan fingerprint density at radius 1 is 1.25 bits per heavy atom. The minimum absolute atomic E-state index is 0.0332. The zero-order chi connectivity index (χ0) is 15.0. The Kier molecular flexibility index (Phi) is 6.73. The van der Waals surface area contributed by atoms with E-state index >= 15 is 0 Å². The van der Waals surface area contributed by atoms with Gasteiger partial charge in [-0.15, -0.1) is 0 Å². The molecule has 0 bridgehead atoms. The lowest BCUT2D eigenvalue weighted by Crippen LogP contribution is -2.37. The summed E-state index contributed by atoms with van der Waals surface area (Å²) in [4.78, 5) is 10.6. The highest BCUT2D eigenvalue weighted by molar-refractivity contribution is 5.66. The number of rotatable bonds is 9. The van der Waals surface area contributed by atoms with Crippen LogP contribution < -0.4 is 0 Å². The molecule has 0 aliphatic rings. The SMILES string of the molecule is COCC(CCCCC(=O)O)(c1ccccc1)C(C)C. The lowest BCUT2D eigenvalue weighted by molar-refractivity contribution is -0.137. The number of carbonyl (C=O) groups is 1. The molecule has 20 heavy (non-hydrogen) atoms. The van der Waals surface area contributed by atoms with E-state index in [1.807, 2.05) is 6.07 Å². The van der Waals surface area contributed by atoms with Crippen molar-refractivity contribution >= 4 is 5.97 Å². The highest BCUT2D eigenvalue weighted by Crippen LogP contribution is 2.37. The second-order valence-corrected chi connectivity index (χ2v) is 5.71. The van der Waals surface area contributed by atoms with E-state index in [2.05, 4.69) is 38.1 Å². The number of carboxylic acids is 1. The van der Waals surface area contributed by atoms with Gasteiger partial charge >= 0.3 is 5.97 Å². The smallest absolute Gasteiger partial charge is 0.303 e. The van der Waals surface area contributed by atoms with Crippen LogP contribution in [0, 0.1) is 5.92 Å². The largest absolute Gasteiger partial charge is 0.481 e. The van der Waals surface area contributed by atoms with Gasteiger partial charge in [0.1, 0.15) is 0 Å². The van der Waals surface area contributed by atoms with E-state index in [1.165, 1.54) is 5.56 Å². The molecular weight excluding hydrogens is 252 g/mol. The molecule has 0 aliphatic carbocycles. The van der Waals surface area contributed by atoms with Crippen LogP contribution in [0.25, 0.3) is 0 Å². The molecule has 1 rings (SSSR count). The van der Waals surface area contributed by atoms with Crippen LogP contribution in [0.2, 0.25) is 0 Å². The molecule has 0 saturated heterocycles. The van der Waals surface area contributed by atoms with Gasteiger partial charge in [-0.2, -0.15) is 0 Å². The molecule has 112 valence electrons. The minimum Gasteiger partial charge on any atom is -0.481 e. The number of hydrogen-bond acceptors (Lipinski definition) is 2. The number of benzene rings is 1. The number of ether oxygens (including phenoxy) is 1. The third-order valence-electron chi connectivity index (χ3n) is 4.12. The fraction of sp³-hybridized carbons (Fsp3) is 0.588. The molecule has 1 aromatic rings. The van der Waals surface area contributed by atoms with Crippen molar-refractivity contribution in [3.05, 3.63) is 35.9 Å². The second-order valence-electron chi connectivity index (χ2n) is 5.71. The monoisotopic (exact) mass is 278 g/mol. The van der Waals surface area contributed by atoms with E-state index in [-0.39, 0.29) is 11.8 Å². The first-order chi connectivity index (χ1) is 9.53. The predicted molar refractivity (Wildman–Crippen MR) is 80.9 cm³/mol. The molecular formula is C17H26O3. The normalized spacial score (nSPS) is 14.2. The summed E-state index contributed by atoms with van der Waals surface area (Å²) in [5.41, 5.74) is 1.25. The van der Waals surface area contributed by atoms with Crippen molar-refractivity contribution in [2.75, 3.05) is 13.7 Å². The standard InChI is InChI=1S/C17H26O3/c1-14(2)17(13-20-3,12-8-7-11-16(18)19)15-9-5-4-6-10-15/h4-6,9-10,14H,7-8,11-13H2,1-3H3,(H,18,19). The van der Waals surface area contributed by atoms with E-state index in [0.29, 0.717) is 12.5 Å². The first-order valence-electron chi connectivity index (χ1n) is 7.29. The highest BCUT2D eigenvalue weighted by Gasteiger charge is 2.35. The Balaban J connectivity index is 2.86. The summed E-state index contributed by atoms with van der Waals surface area (Å²) in [6.45, 7) is 5.09. The average Bonchev–Trinajstić information content (AvgIpc) is 2.42. The number of aliphatic carboxylic acids is 1. The number of hydrogen-bond donors (Lipinski definition) is 1. The zero-order valence-electron chi connectivity index (χ0n) is 12.8. The topological polar surface area (TPSA) is 46.5 Å². The van der Waals surface area contributed by atoms with E-state index in [9.17, 15) is 4.79 Å². The van der Waals surface area contributed by atoms with Gasteiger partial charge in [0.05, 0.1) is 6.61 Å². The first-order valence-corrected chi connectivity index (χ1v) is 7.29. The molecule has 1 unspecified atom stereocenters. The average molecular weight is 278 g/mol. The van der Waals surface area contributed by atoms with Crippen LogP contribution in [0.3, 0.4) is 0 Å². The lowest BCUT2D eigenvalue weighted by atomic mass is 9.69. The Hall–Kier alpha value is -1.35. The molecule has 0 fully saturated rings. The molecule has 3 nitrogen and oxygen atoms in total. The Labute approximate surface area is 122 Å². The molecule has 0 radical (unpaired) electrons. The third kappa shape index (κ3) is 4.34. The third-order valence-corrected chi connectivity index (χ3v) is 4.12. The maximum absolute atomic E-state index is 10.6. The van der Waals surface area contributed by atoms with Crippen molar-refractivity contribution < 1.29 is 14.6 Å². The fourth-order valence-electron chi connectivity index (χ4n) is 2.83. The molecule has 0 aliphatic heterocycles. The molecule has 1 atom stereocenters. The maximum atomic E-state index is 10.6. The van der Waals surface area contributed by atoms with E-state index in [1.54, 1.807) is 7.11 Å². The van der Waals surface area contributed by atoms with E-state index in [4.69, 9.17) is 9.84 Å². The van der Waals surface area contributed by atoms with Gasteiger partial charge < -0.3 is 9.84 Å². The molecule has 0 aromatic heterocycles. The molecule has 1 aromatic carbocycles. The number of carboxylic acid groups (broad SMARTS) is 1. The summed E-state index contributed by atoms with van der Waals surface area (Å²) in [5, 5.41) is 8.75. The van der Waals surface area contributed by atoms with Crippen LogP contribution in [0.4, 0.5) is 0 Å². The Morgan fingerprint density at radius 2 is 1.90 bits per heavy atom. The van der Waals surface area contributed by atoms with Crippen molar-refractivity contribution in [3.63, 3.8) is 0 Å². The quantitative estimate of drug-likeness (QED) is 0.697. The first kappa shape index (κ1) is 16.7. The van der Waals surface area contributed by atoms with Crippen molar-refractivity contribution in [3.8, 4) is 0 Å². The van der Waals surface area contributed by atoms with Gasteiger partial charge in [-0.3, -0.25) is 4.79 Å². The van der Waals surface area contributed by atoms with Crippen LogP contribution in [0.15, 0.2) is 30.3 Å². The summed E-state index contributed by atoms with van der Waals surface area (Å²) in [6.07, 6.45) is 2.83. The predicted octanol–water partition coefficient (Wildman–Crippen LogP) is 3.87. The molecule has 3 heteroatoms. The van der Waals surface area contributed by atoms with Gasteiger partial charge in [0, 0.05) is 18.9 Å². The van der Waals surface area contributed by atoms with Crippen molar-refractivity contribution in [2.24, 2.45) is 5.92 Å². The molecule has 0 saturated carbocycles. The molecule has 0 amide bonds. The second kappa shape index (κ2) is 8.05. The van der Waals surface area contributed by atoms with Gasteiger partial charge in [-0.1, -0.05) is 50.6 Å². The van der Waals surface area contributed by atoms with Gasteiger partial charge in [0.25, 0.3) is 0 Å². The minimum atomic E-state index is -0.716. The van der Waals surface area contributed by atoms with E-state index < -0.39 is 5.97 Å². The zero-order valence-corrected chi connectivity index (χ0v) is 12.8. The fourth-order valence-corrected chi connectivity index (χ4v) is 2.83. The van der Waals surface area contributed by atoms with Gasteiger partial charge in [0.15, 0.2) is 0 Å². The molecule has 1 N–H and O–H groups in total. The van der Waals surface area contributed by atoms with Crippen LogP contribution in [0.1, 0.15) is 45.1 Å². The van der Waals surface area contributed by atoms with Gasteiger partial charge in [0.2, 0.25) is 0 Å². The number of methoxy groups -OCH3 is 1. The summed E-state index contributed by atoms with van der Waals surface area (Å²) in [6, 6.07) is 10.4. The highest BCUT2D eigenvalue weighted by atomic mass is 16.5. The summed E-state index contributed by atoms with van der Waals surface area (Å²) in [7, 11) is 1.73. The molecule has 0 spiro atoms. The number of unbranched alkanes of at least 4 members (excludes halogenated alkanes) is 1. The Bertz CT molecular complexity index is 400. The van der Waals surface area contributed by atoms with Gasteiger partial charge in [-0.05, 0) is 24.3 Å². The van der Waals surface area contributed by atoms with Crippen LogP contribution in [-0.4, -0.2) is 24.8 Å². The molecule has 0 heterocycles. The van der Waals surface area contributed by atoms with E-state index in [0.717, 1.165) is 19.3 Å². The summed E-state index contributed by atoms with van der Waals surface area (Å²) < 4.78 is 5.48. The van der Waals surface area contributed by atoms with Crippen molar-refractivity contribution in [1.29, 1.82) is 0 Å². The maximum Gasteiger partial charge on any atom is 0.303 e. The van der Waals surface area contributed by atoms with Crippen LogP contribution >= 0.6 is 0 Å². The van der Waals surface area contributed by atoms with Crippen molar-refractivity contribution in [1.82, 2.24) is 0 Å². The summed E-state index contributed by atoms with van der Waals surface area (Å²) >= 11 is 0. The lowest BCUT2D eigenvalue weighted by Gasteiger charge is -2.38. The van der Waals surface area contributed by atoms with Crippen LogP contribution in [-0.2, 0) is 14.9 Å². The van der Waals surface area contributed by atoms with Gasteiger partial charge in [-0.25, -0.2) is 0 Å². The Morgan fingerprint density at radius 3 is 2.40 bits per heavy atom. The van der Waals surface area contributed by atoms with Crippen LogP contribution in [0.5, 0.6) is 0 Å². The van der Waals surface area contributed by atoms with Crippen molar-refractivity contribution in [2.45, 2.75) is 44.9 Å².